The molecule has 1 N–H and O–H groups in total. The predicted octanol–water partition coefficient (Wildman–Crippen LogP) is 8.23. The summed E-state index contributed by atoms with van der Waals surface area (Å²) in [5.41, 5.74) is 0. The molecule has 1 saturated heterocycles. The number of aliphatic hydroxyl groups excluding tert-OH is 1. The van der Waals surface area contributed by atoms with Gasteiger partial charge in [-0.3, -0.25) is 0 Å². The summed E-state index contributed by atoms with van der Waals surface area (Å²) in [6, 6.07) is 0. The molecular weight excluding hydrogens is 452 g/mol. The van der Waals surface area contributed by atoms with E-state index in [-0.39, 0.29) is 16.9 Å². The smallest absolute Gasteiger partial charge is 0.192 e. The molecule has 5 heteroatoms. The van der Waals surface area contributed by atoms with Gasteiger partial charge in [0.1, 0.15) is 0 Å². The van der Waals surface area contributed by atoms with Crippen LogP contribution in [-0.4, -0.2) is 44.6 Å². The maximum Gasteiger partial charge on any atom is 0.192 e. The Labute approximate surface area is 218 Å². The molecule has 5 atom stereocenters. The van der Waals surface area contributed by atoms with Gasteiger partial charge in [0.2, 0.25) is 0 Å². The highest BCUT2D eigenvalue weighted by atomic mass is 28.4. The lowest BCUT2D eigenvalue weighted by molar-refractivity contribution is -0.275. The lowest BCUT2D eigenvalue weighted by Gasteiger charge is -2.48. The van der Waals surface area contributed by atoms with E-state index in [0.717, 1.165) is 25.7 Å². The lowest BCUT2D eigenvalue weighted by atomic mass is 9.69. The number of hydrogen-bond donors (Lipinski definition) is 1. The first-order chi connectivity index (χ1) is 16.6. The van der Waals surface area contributed by atoms with E-state index in [0.29, 0.717) is 37.1 Å². The fourth-order valence-electron chi connectivity index (χ4n) is 6.52. The second-order valence-corrected chi connectivity index (χ2v) is 18.3. The quantitative estimate of drug-likeness (QED) is 0.168. The van der Waals surface area contributed by atoms with E-state index in [1.807, 2.05) is 0 Å². The molecule has 0 amide bonds. The molecular formula is C30H58O4Si. The number of aliphatic hydroxyl groups is 1. The van der Waals surface area contributed by atoms with Crippen molar-refractivity contribution < 1.29 is 19.0 Å². The Balaban J connectivity index is 1.42. The van der Waals surface area contributed by atoms with Gasteiger partial charge in [0, 0.05) is 18.4 Å². The van der Waals surface area contributed by atoms with Crippen molar-refractivity contribution in [2.24, 2.45) is 17.8 Å². The molecule has 5 unspecified atom stereocenters. The molecule has 2 aliphatic carbocycles. The second kappa shape index (κ2) is 13.2. The Morgan fingerprint density at radius 2 is 1.49 bits per heavy atom. The number of rotatable bonds is 16. The zero-order chi connectivity index (χ0) is 25.5. The number of ether oxygens (including phenoxy) is 2. The van der Waals surface area contributed by atoms with Crippen LogP contribution in [0.2, 0.25) is 18.1 Å². The molecule has 1 heterocycles. The fourth-order valence-corrected chi connectivity index (χ4v) is 7.94. The highest BCUT2D eigenvalue weighted by Crippen LogP contribution is 2.59. The van der Waals surface area contributed by atoms with Gasteiger partial charge in [-0.25, -0.2) is 0 Å². The van der Waals surface area contributed by atoms with Gasteiger partial charge in [-0.1, -0.05) is 91.9 Å². The van der Waals surface area contributed by atoms with Gasteiger partial charge in [0.15, 0.2) is 14.1 Å². The van der Waals surface area contributed by atoms with Crippen molar-refractivity contribution >= 4 is 8.32 Å². The van der Waals surface area contributed by atoms with Crippen molar-refractivity contribution in [3.8, 4) is 0 Å². The van der Waals surface area contributed by atoms with E-state index in [2.05, 4.69) is 40.8 Å². The lowest BCUT2D eigenvalue weighted by Crippen LogP contribution is -2.54. The van der Waals surface area contributed by atoms with Crippen molar-refractivity contribution in [2.75, 3.05) is 13.2 Å². The second-order valence-electron chi connectivity index (χ2n) is 13.5. The van der Waals surface area contributed by atoms with Gasteiger partial charge in [0.05, 0.1) is 19.3 Å². The first kappa shape index (κ1) is 29.6. The van der Waals surface area contributed by atoms with E-state index >= 15 is 0 Å². The van der Waals surface area contributed by atoms with Gasteiger partial charge in [-0.2, -0.15) is 0 Å². The Morgan fingerprint density at radius 3 is 2.06 bits per heavy atom. The Bertz CT molecular complexity index is 610. The van der Waals surface area contributed by atoms with Crippen LogP contribution >= 0.6 is 0 Å². The van der Waals surface area contributed by atoms with E-state index in [1.54, 1.807) is 0 Å². The van der Waals surface area contributed by atoms with Gasteiger partial charge in [-0.15, -0.1) is 0 Å². The van der Waals surface area contributed by atoms with Gasteiger partial charge in [0.25, 0.3) is 0 Å². The maximum atomic E-state index is 11.0. The Morgan fingerprint density at radius 1 is 0.914 bits per heavy atom. The SMILES string of the molecule is CCCCCCCCCCCCC(CCC1CC2C(CC23OCCO3)C1O)O[Si](C)(C)C(C)(C)C. The summed E-state index contributed by atoms with van der Waals surface area (Å²) in [5.74, 6) is 0.787. The van der Waals surface area contributed by atoms with Gasteiger partial charge in [-0.05, 0) is 55.7 Å². The Kier molecular flexibility index (Phi) is 11.2. The molecule has 3 rings (SSSR count). The van der Waals surface area contributed by atoms with E-state index in [1.165, 1.54) is 70.6 Å². The normalized spacial score (nSPS) is 28.9. The number of fused-ring (bicyclic) bond motifs is 2. The van der Waals surface area contributed by atoms with Crippen LogP contribution in [0, 0.1) is 17.8 Å². The molecule has 1 spiro atoms. The summed E-state index contributed by atoms with van der Waals surface area (Å²) >= 11 is 0. The first-order valence-electron chi connectivity index (χ1n) is 15.2. The molecule has 0 aromatic rings. The third-order valence-corrected chi connectivity index (χ3v) is 14.4. The number of hydrogen-bond acceptors (Lipinski definition) is 4. The molecule has 3 aliphatic rings. The molecule has 0 bridgehead atoms. The van der Waals surface area contributed by atoms with Crippen LogP contribution in [0.1, 0.15) is 124 Å². The Hall–Kier alpha value is 0.0569. The summed E-state index contributed by atoms with van der Waals surface area (Å²) in [5, 5.41) is 11.3. The van der Waals surface area contributed by atoms with Crippen molar-refractivity contribution in [3.05, 3.63) is 0 Å². The molecule has 0 radical (unpaired) electrons. The van der Waals surface area contributed by atoms with E-state index < -0.39 is 8.32 Å². The highest BCUT2D eigenvalue weighted by molar-refractivity contribution is 6.74. The molecule has 206 valence electrons. The predicted molar refractivity (Wildman–Crippen MR) is 148 cm³/mol. The largest absolute Gasteiger partial charge is 0.414 e. The van der Waals surface area contributed by atoms with Crippen LogP contribution in [0.3, 0.4) is 0 Å². The average molecular weight is 511 g/mol. The van der Waals surface area contributed by atoms with E-state index in [4.69, 9.17) is 13.9 Å². The fraction of sp³-hybridized carbons (Fsp3) is 1.00. The molecule has 3 fully saturated rings. The summed E-state index contributed by atoms with van der Waals surface area (Å²) in [4.78, 5) is 0. The zero-order valence-corrected chi connectivity index (χ0v) is 25.1. The third kappa shape index (κ3) is 7.78. The standard InChI is InChI=1S/C30H58O4Si/c1-7-8-9-10-11-12-13-14-15-16-17-25(34-35(5,6)29(2,3)4)19-18-24-22-27-26(28(24)31)23-30(27)32-20-21-33-30/h24-28,31H,7-23H2,1-6H3. The molecule has 0 aromatic heterocycles. The van der Waals surface area contributed by atoms with Crippen LogP contribution < -0.4 is 0 Å². The first-order valence-corrected chi connectivity index (χ1v) is 18.1. The van der Waals surface area contributed by atoms with Crippen LogP contribution in [0.25, 0.3) is 0 Å². The molecule has 35 heavy (non-hydrogen) atoms. The van der Waals surface area contributed by atoms with Gasteiger partial charge < -0.3 is 19.0 Å². The van der Waals surface area contributed by atoms with Crippen LogP contribution in [0.5, 0.6) is 0 Å². The highest BCUT2D eigenvalue weighted by Gasteiger charge is 2.64. The van der Waals surface area contributed by atoms with E-state index in [9.17, 15) is 5.11 Å². The summed E-state index contributed by atoms with van der Waals surface area (Å²) in [7, 11) is -1.80. The maximum absolute atomic E-state index is 11.0. The monoisotopic (exact) mass is 510 g/mol. The topological polar surface area (TPSA) is 47.9 Å². The molecule has 4 nitrogen and oxygen atoms in total. The summed E-state index contributed by atoms with van der Waals surface area (Å²) < 4.78 is 18.9. The number of unbranched alkanes of at least 4 members (excludes halogenated alkanes) is 9. The van der Waals surface area contributed by atoms with Crippen molar-refractivity contribution in [3.63, 3.8) is 0 Å². The summed E-state index contributed by atoms with van der Waals surface area (Å²) in [6.45, 7) is 15.5. The minimum absolute atomic E-state index is 0.190. The van der Waals surface area contributed by atoms with Crippen LogP contribution in [-0.2, 0) is 13.9 Å². The molecule has 2 saturated carbocycles. The van der Waals surface area contributed by atoms with Crippen molar-refractivity contribution in [2.45, 2.75) is 160 Å². The third-order valence-electron chi connectivity index (χ3n) is 9.86. The molecule has 1 aliphatic heterocycles. The van der Waals surface area contributed by atoms with Gasteiger partial charge >= 0.3 is 0 Å². The van der Waals surface area contributed by atoms with Crippen LogP contribution in [0.4, 0.5) is 0 Å². The minimum atomic E-state index is -1.80. The molecule has 0 aromatic carbocycles. The van der Waals surface area contributed by atoms with Crippen molar-refractivity contribution in [1.82, 2.24) is 0 Å². The summed E-state index contributed by atoms with van der Waals surface area (Å²) in [6.07, 6.45) is 19.2. The average Bonchev–Trinajstić information content (AvgIpc) is 3.37. The van der Waals surface area contributed by atoms with Crippen LogP contribution in [0.15, 0.2) is 0 Å². The zero-order valence-electron chi connectivity index (χ0n) is 24.1. The minimum Gasteiger partial charge on any atom is -0.414 e. The van der Waals surface area contributed by atoms with Crippen molar-refractivity contribution in [1.29, 1.82) is 0 Å².